The average Bonchev–Trinajstić information content (AvgIpc) is 2.42. The molecule has 0 N–H and O–H groups in total. The Balaban J connectivity index is 2.03. The standard InChI is InChI=1S/C13H13ClN2O2/c1-2-17-11-3-5-12(6-4-11)18-13-9-15-10(7-14)8-16-13/h3-6,8-9H,2,7H2,1H3. The minimum absolute atomic E-state index is 0.344. The number of halogens is 1. The smallest absolute Gasteiger partial charge is 0.237 e. The van der Waals surface area contributed by atoms with E-state index in [9.17, 15) is 0 Å². The van der Waals surface area contributed by atoms with E-state index in [2.05, 4.69) is 9.97 Å². The van der Waals surface area contributed by atoms with Crippen LogP contribution in [0.1, 0.15) is 12.6 Å². The molecule has 0 aliphatic rings. The van der Waals surface area contributed by atoms with Gasteiger partial charge in [-0.1, -0.05) is 0 Å². The van der Waals surface area contributed by atoms with Gasteiger partial charge in [-0.25, -0.2) is 4.98 Å². The molecular formula is C13H13ClN2O2. The van der Waals surface area contributed by atoms with Gasteiger partial charge in [-0.3, -0.25) is 4.98 Å². The third kappa shape index (κ3) is 3.34. The maximum absolute atomic E-state index is 5.63. The Labute approximate surface area is 111 Å². The third-order valence-electron chi connectivity index (χ3n) is 2.18. The molecule has 2 aromatic rings. The molecule has 18 heavy (non-hydrogen) atoms. The summed E-state index contributed by atoms with van der Waals surface area (Å²) in [6.45, 7) is 2.59. The average molecular weight is 265 g/mol. The van der Waals surface area contributed by atoms with Gasteiger partial charge >= 0.3 is 0 Å². The van der Waals surface area contributed by atoms with Crippen LogP contribution in [0, 0.1) is 0 Å². The van der Waals surface area contributed by atoms with Gasteiger partial charge in [0.25, 0.3) is 0 Å². The lowest BCUT2D eigenvalue weighted by atomic mass is 10.3. The van der Waals surface area contributed by atoms with Gasteiger partial charge in [0.05, 0.1) is 30.6 Å². The second-order valence-corrected chi connectivity index (χ2v) is 3.75. The summed E-state index contributed by atoms with van der Waals surface area (Å²) in [4.78, 5) is 8.20. The molecule has 1 aromatic carbocycles. The molecular weight excluding hydrogens is 252 g/mol. The quantitative estimate of drug-likeness (QED) is 0.777. The Morgan fingerprint density at radius 1 is 1.06 bits per heavy atom. The molecule has 0 aliphatic carbocycles. The fourth-order valence-electron chi connectivity index (χ4n) is 1.36. The lowest BCUT2D eigenvalue weighted by molar-refractivity contribution is 0.339. The van der Waals surface area contributed by atoms with E-state index in [0.717, 1.165) is 11.4 Å². The number of alkyl halides is 1. The van der Waals surface area contributed by atoms with Gasteiger partial charge < -0.3 is 9.47 Å². The van der Waals surface area contributed by atoms with Crippen LogP contribution in [0.2, 0.25) is 0 Å². The molecule has 0 saturated carbocycles. The van der Waals surface area contributed by atoms with Crippen LogP contribution < -0.4 is 9.47 Å². The van der Waals surface area contributed by atoms with Crippen LogP contribution in [-0.2, 0) is 5.88 Å². The van der Waals surface area contributed by atoms with Gasteiger partial charge in [0, 0.05) is 0 Å². The predicted octanol–water partition coefficient (Wildman–Crippen LogP) is 3.41. The molecule has 0 amide bonds. The number of hydrogen-bond acceptors (Lipinski definition) is 4. The lowest BCUT2D eigenvalue weighted by Crippen LogP contribution is -1.93. The first-order valence-electron chi connectivity index (χ1n) is 5.59. The van der Waals surface area contributed by atoms with Gasteiger partial charge in [0.15, 0.2) is 0 Å². The van der Waals surface area contributed by atoms with Crippen molar-refractivity contribution < 1.29 is 9.47 Å². The van der Waals surface area contributed by atoms with E-state index < -0.39 is 0 Å². The summed E-state index contributed by atoms with van der Waals surface area (Å²) < 4.78 is 10.9. The van der Waals surface area contributed by atoms with Crippen molar-refractivity contribution in [3.8, 4) is 17.4 Å². The number of benzene rings is 1. The molecule has 5 heteroatoms. The molecule has 0 aliphatic heterocycles. The van der Waals surface area contributed by atoms with Gasteiger partial charge in [0.1, 0.15) is 11.5 Å². The number of aromatic nitrogens is 2. The van der Waals surface area contributed by atoms with Gasteiger partial charge in [-0.15, -0.1) is 11.6 Å². The lowest BCUT2D eigenvalue weighted by Gasteiger charge is -2.06. The van der Waals surface area contributed by atoms with Crippen LogP contribution in [-0.4, -0.2) is 16.6 Å². The second kappa shape index (κ2) is 6.21. The topological polar surface area (TPSA) is 44.2 Å². The van der Waals surface area contributed by atoms with E-state index in [1.165, 1.54) is 0 Å². The highest BCUT2D eigenvalue weighted by Crippen LogP contribution is 2.22. The highest BCUT2D eigenvalue weighted by Gasteiger charge is 2.00. The second-order valence-electron chi connectivity index (χ2n) is 3.49. The van der Waals surface area contributed by atoms with Crippen molar-refractivity contribution in [3.05, 3.63) is 42.4 Å². The van der Waals surface area contributed by atoms with Gasteiger partial charge in [-0.2, -0.15) is 0 Å². The van der Waals surface area contributed by atoms with E-state index in [1.54, 1.807) is 12.4 Å². The zero-order valence-electron chi connectivity index (χ0n) is 9.97. The maximum Gasteiger partial charge on any atom is 0.237 e. The number of ether oxygens (including phenoxy) is 2. The van der Waals surface area contributed by atoms with Crippen molar-refractivity contribution in [2.75, 3.05) is 6.61 Å². The summed E-state index contributed by atoms with van der Waals surface area (Å²) in [6.07, 6.45) is 3.14. The molecule has 0 saturated heterocycles. The molecule has 1 aromatic heterocycles. The molecule has 0 spiro atoms. The summed E-state index contributed by atoms with van der Waals surface area (Å²) in [5, 5.41) is 0. The molecule has 0 atom stereocenters. The van der Waals surface area contributed by atoms with Gasteiger partial charge in [0.2, 0.25) is 5.88 Å². The molecule has 94 valence electrons. The zero-order valence-corrected chi connectivity index (χ0v) is 10.7. The molecule has 1 heterocycles. The van der Waals surface area contributed by atoms with Crippen LogP contribution >= 0.6 is 11.6 Å². The minimum Gasteiger partial charge on any atom is -0.494 e. The van der Waals surface area contributed by atoms with Crippen LogP contribution in [0.5, 0.6) is 17.4 Å². The van der Waals surface area contributed by atoms with Crippen molar-refractivity contribution in [2.45, 2.75) is 12.8 Å². The van der Waals surface area contributed by atoms with Crippen LogP contribution in [0.4, 0.5) is 0 Å². The van der Waals surface area contributed by atoms with Crippen molar-refractivity contribution in [1.29, 1.82) is 0 Å². The van der Waals surface area contributed by atoms with Crippen LogP contribution in [0.25, 0.3) is 0 Å². The summed E-state index contributed by atoms with van der Waals surface area (Å²) in [6, 6.07) is 7.34. The van der Waals surface area contributed by atoms with Gasteiger partial charge in [-0.05, 0) is 31.2 Å². The van der Waals surface area contributed by atoms with Crippen molar-refractivity contribution in [1.82, 2.24) is 9.97 Å². The molecule has 0 fully saturated rings. The van der Waals surface area contributed by atoms with Crippen molar-refractivity contribution >= 4 is 11.6 Å². The van der Waals surface area contributed by atoms with Crippen molar-refractivity contribution in [2.24, 2.45) is 0 Å². The minimum atomic E-state index is 0.344. The summed E-state index contributed by atoms with van der Waals surface area (Å²) in [5.74, 6) is 2.28. The van der Waals surface area contributed by atoms with E-state index in [1.807, 2.05) is 31.2 Å². The van der Waals surface area contributed by atoms with Crippen molar-refractivity contribution in [3.63, 3.8) is 0 Å². The fraction of sp³-hybridized carbons (Fsp3) is 0.231. The first kappa shape index (κ1) is 12.6. The predicted molar refractivity (Wildman–Crippen MR) is 69.3 cm³/mol. The Kier molecular flexibility index (Phi) is 4.36. The Hall–Kier alpha value is -1.81. The molecule has 4 nitrogen and oxygen atoms in total. The Bertz CT molecular complexity index is 485. The highest BCUT2D eigenvalue weighted by atomic mass is 35.5. The van der Waals surface area contributed by atoms with E-state index in [0.29, 0.717) is 24.1 Å². The summed E-state index contributed by atoms with van der Waals surface area (Å²) in [7, 11) is 0. The maximum atomic E-state index is 5.63. The van der Waals surface area contributed by atoms with E-state index >= 15 is 0 Å². The molecule has 0 radical (unpaired) electrons. The summed E-state index contributed by atoms with van der Waals surface area (Å²) in [5.41, 5.74) is 0.718. The number of nitrogens with zero attached hydrogens (tertiary/aromatic N) is 2. The third-order valence-corrected chi connectivity index (χ3v) is 2.45. The molecule has 2 rings (SSSR count). The fourth-order valence-corrected chi connectivity index (χ4v) is 1.49. The zero-order chi connectivity index (χ0) is 12.8. The first-order chi connectivity index (χ1) is 8.81. The molecule has 0 unspecified atom stereocenters. The van der Waals surface area contributed by atoms with Crippen LogP contribution in [0.15, 0.2) is 36.7 Å². The number of hydrogen-bond donors (Lipinski definition) is 0. The highest BCUT2D eigenvalue weighted by molar-refractivity contribution is 6.16. The molecule has 0 bridgehead atoms. The number of rotatable bonds is 5. The first-order valence-corrected chi connectivity index (χ1v) is 6.13. The summed E-state index contributed by atoms with van der Waals surface area (Å²) >= 11 is 5.63. The normalized spacial score (nSPS) is 10.1. The Morgan fingerprint density at radius 3 is 2.33 bits per heavy atom. The SMILES string of the molecule is CCOc1ccc(Oc2cnc(CCl)cn2)cc1. The van der Waals surface area contributed by atoms with E-state index in [-0.39, 0.29) is 0 Å². The monoisotopic (exact) mass is 264 g/mol. The van der Waals surface area contributed by atoms with Crippen LogP contribution in [0.3, 0.4) is 0 Å². The Morgan fingerprint density at radius 2 is 1.78 bits per heavy atom. The van der Waals surface area contributed by atoms with E-state index in [4.69, 9.17) is 21.1 Å². The largest absolute Gasteiger partial charge is 0.494 e.